The van der Waals surface area contributed by atoms with Gasteiger partial charge in [0.1, 0.15) is 5.75 Å². The highest BCUT2D eigenvalue weighted by atomic mass is 16.5. The van der Waals surface area contributed by atoms with Gasteiger partial charge in [0.25, 0.3) is 5.91 Å². The highest BCUT2D eigenvalue weighted by molar-refractivity contribution is 5.81. The minimum absolute atomic E-state index is 0.0645. The SMILES string of the molecule is CC(Oc1ccccc1)C(=O)N1CC2CC1CO2. The van der Waals surface area contributed by atoms with Crippen LogP contribution in [0.15, 0.2) is 30.3 Å². The molecule has 4 nitrogen and oxygen atoms in total. The van der Waals surface area contributed by atoms with Gasteiger partial charge in [-0.3, -0.25) is 4.79 Å². The lowest BCUT2D eigenvalue weighted by molar-refractivity contribution is -0.142. The van der Waals surface area contributed by atoms with Crippen molar-refractivity contribution < 1.29 is 14.3 Å². The Morgan fingerprint density at radius 1 is 1.44 bits per heavy atom. The molecule has 2 bridgehead atoms. The van der Waals surface area contributed by atoms with Crippen LogP contribution in [0, 0.1) is 0 Å². The Labute approximate surface area is 106 Å². The molecule has 0 radical (unpaired) electrons. The van der Waals surface area contributed by atoms with Gasteiger partial charge in [0, 0.05) is 6.54 Å². The standard InChI is InChI=1S/C14H17NO3/c1-10(18-12-5-3-2-4-6-12)14(16)15-8-13-7-11(15)9-17-13/h2-6,10-11,13H,7-9H2,1H3. The fourth-order valence-corrected chi connectivity index (χ4v) is 2.66. The number of benzene rings is 1. The van der Waals surface area contributed by atoms with Crippen molar-refractivity contribution in [2.24, 2.45) is 0 Å². The van der Waals surface area contributed by atoms with E-state index in [1.165, 1.54) is 0 Å². The van der Waals surface area contributed by atoms with E-state index in [0.29, 0.717) is 13.2 Å². The van der Waals surface area contributed by atoms with Gasteiger partial charge in [0.2, 0.25) is 0 Å². The summed E-state index contributed by atoms with van der Waals surface area (Å²) in [7, 11) is 0. The number of rotatable bonds is 3. The summed E-state index contributed by atoms with van der Waals surface area (Å²) in [6.07, 6.45) is 0.777. The number of amides is 1. The van der Waals surface area contributed by atoms with Gasteiger partial charge in [-0.2, -0.15) is 0 Å². The van der Waals surface area contributed by atoms with E-state index < -0.39 is 6.10 Å². The number of para-hydroxylation sites is 1. The predicted molar refractivity (Wildman–Crippen MR) is 66.4 cm³/mol. The molecule has 0 saturated carbocycles. The zero-order valence-corrected chi connectivity index (χ0v) is 10.4. The lowest BCUT2D eigenvalue weighted by Crippen LogP contribution is -2.47. The van der Waals surface area contributed by atoms with Crippen LogP contribution in [0.3, 0.4) is 0 Å². The number of ether oxygens (including phenoxy) is 2. The van der Waals surface area contributed by atoms with Crippen molar-refractivity contribution in [2.75, 3.05) is 13.2 Å². The molecule has 3 unspecified atom stereocenters. The van der Waals surface area contributed by atoms with Crippen molar-refractivity contribution in [3.8, 4) is 5.75 Å². The van der Waals surface area contributed by atoms with Crippen molar-refractivity contribution in [1.82, 2.24) is 4.90 Å². The Morgan fingerprint density at radius 2 is 2.22 bits per heavy atom. The molecular formula is C14H17NO3. The Balaban J connectivity index is 1.62. The van der Waals surface area contributed by atoms with Crippen molar-refractivity contribution in [1.29, 1.82) is 0 Å². The molecule has 0 aliphatic carbocycles. The molecule has 0 N–H and O–H groups in total. The van der Waals surface area contributed by atoms with E-state index in [2.05, 4.69) is 0 Å². The molecule has 0 spiro atoms. The summed E-state index contributed by atoms with van der Waals surface area (Å²) < 4.78 is 11.2. The predicted octanol–water partition coefficient (Wildman–Crippen LogP) is 1.45. The first-order valence-electron chi connectivity index (χ1n) is 6.38. The molecule has 96 valence electrons. The summed E-state index contributed by atoms with van der Waals surface area (Å²) in [6, 6.07) is 9.71. The summed E-state index contributed by atoms with van der Waals surface area (Å²) in [4.78, 5) is 14.2. The van der Waals surface area contributed by atoms with Crippen LogP contribution in [0.4, 0.5) is 0 Å². The molecule has 3 atom stereocenters. The van der Waals surface area contributed by atoms with Gasteiger partial charge in [0.15, 0.2) is 6.10 Å². The number of hydrogen-bond donors (Lipinski definition) is 0. The number of morpholine rings is 1. The second-order valence-corrected chi connectivity index (χ2v) is 4.91. The van der Waals surface area contributed by atoms with Gasteiger partial charge in [-0.1, -0.05) is 18.2 Å². The maximum atomic E-state index is 12.3. The summed E-state index contributed by atoms with van der Waals surface area (Å²) in [5, 5.41) is 0. The topological polar surface area (TPSA) is 38.8 Å². The second-order valence-electron chi connectivity index (χ2n) is 4.91. The maximum Gasteiger partial charge on any atom is 0.263 e. The Bertz CT molecular complexity index is 434. The molecule has 1 aromatic rings. The van der Waals surface area contributed by atoms with Crippen molar-refractivity contribution in [3.63, 3.8) is 0 Å². The van der Waals surface area contributed by atoms with Crippen molar-refractivity contribution in [3.05, 3.63) is 30.3 Å². The zero-order valence-electron chi connectivity index (χ0n) is 10.4. The van der Waals surface area contributed by atoms with E-state index in [4.69, 9.17) is 9.47 Å². The quantitative estimate of drug-likeness (QED) is 0.811. The molecule has 1 amide bonds. The van der Waals surface area contributed by atoms with Gasteiger partial charge in [-0.25, -0.2) is 0 Å². The fourth-order valence-electron chi connectivity index (χ4n) is 2.66. The lowest BCUT2D eigenvalue weighted by Gasteiger charge is -2.29. The first-order chi connectivity index (χ1) is 8.74. The van der Waals surface area contributed by atoms with E-state index in [1.54, 1.807) is 0 Å². The van der Waals surface area contributed by atoms with Crippen LogP contribution in [0.2, 0.25) is 0 Å². The average Bonchev–Trinajstić information content (AvgIpc) is 3.01. The van der Waals surface area contributed by atoms with E-state index in [9.17, 15) is 4.79 Å². The minimum atomic E-state index is -0.438. The van der Waals surface area contributed by atoms with Crippen molar-refractivity contribution in [2.45, 2.75) is 31.6 Å². The summed E-state index contributed by atoms with van der Waals surface area (Å²) in [5.74, 6) is 0.800. The third kappa shape index (κ3) is 2.08. The van der Waals surface area contributed by atoms with Gasteiger partial charge >= 0.3 is 0 Å². The van der Waals surface area contributed by atoms with Gasteiger partial charge < -0.3 is 14.4 Å². The van der Waals surface area contributed by atoms with Crippen LogP contribution < -0.4 is 4.74 Å². The lowest BCUT2D eigenvalue weighted by atomic mass is 10.2. The molecule has 3 rings (SSSR count). The molecule has 2 aliphatic heterocycles. The van der Waals surface area contributed by atoms with Crippen molar-refractivity contribution >= 4 is 5.91 Å². The number of likely N-dealkylation sites (tertiary alicyclic amines) is 1. The van der Waals surface area contributed by atoms with Crippen LogP contribution in [-0.4, -0.2) is 42.2 Å². The molecule has 2 aliphatic rings. The normalized spacial score (nSPS) is 27.3. The van der Waals surface area contributed by atoms with Gasteiger partial charge in [0.05, 0.1) is 18.8 Å². The van der Waals surface area contributed by atoms with E-state index in [-0.39, 0.29) is 18.1 Å². The number of hydrogen-bond acceptors (Lipinski definition) is 3. The highest BCUT2D eigenvalue weighted by Gasteiger charge is 2.42. The Hall–Kier alpha value is -1.55. The molecule has 2 saturated heterocycles. The Morgan fingerprint density at radius 3 is 2.83 bits per heavy atom. The zero-order chi connectivity index (χ0) is 12.5. The first kappa shape index (κ1) is 11.5. The smallest absolute Gasteiger partial charge is 0.263 e. The maximum absolute atomic E-state index is 12.3. The van der Waals surface area contributed by atoms with Crippen LogP contribution >= 0.6 is 0 Å². The van der Waals surface area contributed by atoms with Gasteiger partial charge in [-0.05, 0) is 25.5 Å². The van der Waals surface area contributed by atoms with Crippen LogP contribution in [0.25, 0.3) is 0 Å². The highest BCUT2D eigenvalue weighted by Crippen LogP contribution is 2.28. The third-order valence-electron chi connectivity index (χ3n) is 3.59. The molecule has 1 aromatic carbocycles. The molecule has 2 heterocycles. The number of carbonyl (C=O) groups is 1. The Kier molecular flexibility index (Phi) is 2.96. The first-order valence-corrected chi connectivity index (χ1v) is 6.38. The van der Waals surface area contributed by atoms with Crippen LogP contribution in [0.5, 0.6) is 5.75 Å². The second kappa shape index (κ2) is 4.61. The van der Waals surface area contributed by atoms with E-state index in [1.807, 2.05) is 42.2 Å². The summed E-state index contributed by atoms with van der Waals surface area (Å²) in [6.45, 7) is 3.20. The fraction of sp³-hybridized carbons (Fsp3) is 0.500. The number of carbonyl (C=O) groups excluding carboxylic acids is 1. The van der Waals surface area contributed by atoms with Crippen LogP contribution in [0.1, 0.15) is 13.3 Å². The van der Waals surface area contributed by atoms with E-state index >= 15 is 0 Å². The third-order valence-corrected chi connectivity index (χ3v) is 3.59. The average molecular weight is 247 g/mol. The number of nitrogens with zero attached hydrogens (tertiary/aromatic N) is 1. The molecule has 4 heteroatoms. The summed E-state index contributed by atoms with van der Waals surface area (Å²) in [5.41, 5.74) is 0. The minimum Gasteiger partial charge on any atom is -0.481 e. The number of fused-ring (bicyclic) bond motifs is 2. The molecule has 0 aromatic heterocycles. The largest absolute Gasteiger partial charge is 0.481 e. The van der Waals surface area contributed by atoms with E-state index in [0.717, 1.165) is 12.2 Å². The molecule has 2 fully saturated rings. The monoisotopic (exact) mass is 247 g/mol. The molecule has 18 heavy (non-hydrogen) atoms. The van der Waals surface area contributed by atoms with Crippen LogP contribution in [-0.2, 0) is 9.53 Å². The molecular weight excluding hydrogens is 230 g/mol. The summed E-state index contributed by atoms with van der Waals surface area (Å²) >= 11 is 0. The van der Waals surface area contributed by atoms with Gasteiger partial charge in [-0.15, -0.1) is 0 Å².